The van der Waals surface area contributed by atoms with Gasteiger partial charge in [0, 0.05) is 19.2 Å². The second-order valence-corrected chi connectivity index (χ2v) is 4.20. The first-order valence-electron chi connectivity index (χ1n) is 4.35. The summed E-state index contributed by atoms with van der Waals surface area (Å²) in [5, 5.41) is 0. The standard InChI is InChI=1S/C9H19NO/c1-9(2,3)10-7-5-6-8(10)11-4/h8H,5-7H2,1-4H3. The Kier molecular flexibility index (Phi) is 2.55. The van der Waals surface area contributed by atoms with Crippen molar-refractivity contribution in [1.29, 1.82) is 0 Å². The monoisotopic (exact) mass is 157 g/mol. The molecular formula is C9H19NO. The van der Waals surface area contributed by atoms with Gasteiger partial charge in [0.25, 0.3) is 0 Å². The summed E-state index contributed by atoms with van der Waals surface area (Å²) in [5.74, 6) is 0. The Balaban J connectivity index is 2.57. The highest BCUT2D eigenvalue weighted by atomic mass is 16.5. The highest BCUT2D eigenvalue weighted by molar-refractivity contribution is 4.83. The van der Waals surface area contributed by atoms with Crippen molar-refractivity contribution in [2.45, 2.75) is 45.4 Å². The van der Waals surface area contributed by atoms with E-state index >= 15 is 0 Å². The maximum atomic E-state index is 5.38. The molecule has 0 aromatic rings. The van der Waals surface area contributed by atoms with Crippen LogP contribution in [0.4, 0.5) is 0 Å². The predicted octanol–water partition coefficient (Wildman–Crippen LogP) is 1.85. The van der Waals surface area contributed by atoms with Gasteiger partial charge in [0.15, 0.2) is 0 Å². The third-order valence-electron chi connectivity index (χ3n) is 2.33. The fourth-order valence-electron chi connectivity index (χ4n) is 1.75. The molecule has 0 bridgehead atoms. The van der Waals surface area contributed by atoms with E-state index in [0.29, 0.717) is 6.23 Å². The smallest absolute Gasteiger partial charge is 0.110 e. The van der Waals surface area contributed by atoms with E-state index in [1.54, 1.807) is 7.11 Å². The first-order valence-corrected chi connectivity index (χ1v) is 4.35. The van der Waals surface area contributed by atoms with Gasteiger partial charge in [0.1, 0.15) is 6.23 Å². The van der Waals surface area contributed by atoms with Crippen LogP contribution in [0.25, 0.3) is 0 Å². The average molecular weight is 157 g/mol. The molecule has 1 fully saturated rings. The lowest BCUT2D eigenvalue weighted by Gasteiger charge is -2.35. The van der Waals surface area contributed by atoms with Gasteiger partial charge in [-0.3, -0.25) is 4.90 Å². The Morgan fingerprint density at radius 3 is 2.36 bits per heavy atom. The van der Waals surface area contributed by atoms with Crippen molar-refractivity contribution in [1.82, 2.24) is 4.90 Å². The number of nitrogens with zero attached hydrogens (tertiary/aromatic N) is 1. The third kappa shape index (κ3) is 1.94. The van der Waals surface area contributed by atoms with E-state index in [4.69, 9.17) is 4.74 Å². The average Bonchev–Trinajstić information content (AvgIpc) is 2.31. The molecule has 0 spiro atoms. The number of likely N-dealkylation sites (tertiary alicyclic amines) is 1. The van der Waals surface area contributed by atoms with E-state index < -0.39 is 0 Å². The minimum atomic E-state index is 0.261. The second-order valence-electron chi connectivity index (χ2n) is 4.20. The van der Waals surface area contributed by atoms with E-state index in [0.717, 1.165) is 0 Å². The van der Waals surface area contributed by atoms with Gasteiger partial charge in [-0.05, 0) is 33.6 Å². The van der Waals surface area contributed by atoms with Gasteiger partial charge in [-0.15, -0.1) is 0 Å². The van der Waals surface area contributed by atoms with Gasteiger partial charge >= 0.3 is 0 Å². The second kappa shape index (κ2) is 3.11. The summed E-state index contributed by atoms with van der Waals surface area (Å²) in [7, 11) is 1.80. The van der Waals surface area contributed by atoms with Crippen molar-refractivity contribution >= 4 is 0 Å². The molecule has 1 aliphatic heterocycles. The minimum Gasteiger partial charge on any atom is -0.366 e. The molecule has 0 aromatic carbocycles. The topological polar surface area (TPSA) is 12.5 Å². The summed E-state index contributed by atoms with van der Waals surface area (Å²) in [6.07, 6.45) is 2.82. The molecule has 1 atom stereocenters. The molecular weight excluding hydrogens is 138 g/mol. The van der Waals surface area contributed by atoms with Crippen LogP contribution in [0.15, 0.2) is 0 Å². The molecule has 0 radical (unpaired) electrons. The summed E-state index contributed by atoms with van der Waals surface area (Å²) < 4.78 is 5.38. The number of hydrogen-bond acceptors (Lipinski definition) is 2. The van der Waals surface area contributed by atoms with Crippen LogP contribution in [0.2, 0.25) is 0 Å². The van der Waals surface area contributed by atoms with Crippen molar-refractivity contribution in [2.24, 2.45) is 0 Å². The zero-order valence-corrected chi connectivity index (χ0v) is 8.05. The lowest BCUT2D eigenvalue weighted by atomic mass is 10.1. The molecule has 2 nitrogen and oxygen atoms in total. The molecule has 66 valence electrons. The van der Waals surface area contributed by atoms with Crippen LogP contribution in [0.5, 0.6) is 0 Å². The molecule has 2 heteroatoms. The largest absolute Gasteiger partial charge is 0.366 e. The van der Waals surface area contributed by atoms with Crippen LogP contribution in [0, 0.1) is 0 Å². The third-order valence-corrected chi connectivity index (χ3v) is 2.33. The summed E-state index contributed by atoms with van der Waals surface area (Å²) >= 11 is 0. The normalized spacial score (nSPS) is 27.8. The van der Waals surface area contributed by atoms with Gasteiger partial charge in [-0.2, -0.15) is 0 Å². The summed E-state index contributed by atoms with van der Waals surface area (Å²) in [6, 6.07) is 0. The van der Waals surface area contributed by atoms with Crippen LogP contribution < -0.4 is 0 Å². The molecule has 0 saturated carbocycles. The van der Waals surface area contributed by atoms with Crippen molar-refractivity contribution in [2.75, 3.05) is 13.7 Å². The van der Waals surface area contributed by atoms with Crippen molar-refractivity contribution in [3.05, 3.63) is 0 Å². The Morgan fingerprint density at radius 1 is 1.36 bits per heavy atom. The Hall–Kier alpha value is -0.0800. The Labute approximate surface area is 69.5 Å². The highest BCUT2D eigenvalue weighted by Gasteiger charge is 2.32. The maximum Gasteiger partial charge on any atom is 0.110 e. The molecule has 0 aliphatic carbocycles. The molecule has 1 saturated heterocycles. The molecule has 1 unspecified atom stereocenters. The fraction of sp³-hybridized carbons (Fsp3) is 1.00. The quantitative estimate of drug-likeness (QED) is 0.576. The van der Waals surface area contributed by atoms with Crippen LogP contribution in [-0.4, -0.2) is 30.3 Å². The first-order chi connectivity index (χ1) is 5.05. The molecule has 0 amide bonds. The van der Waals surface area contributed by atoms with E-state index in [-0.39, 0.29) is 5.54 Å². The van der Waals surface area contributed by atoms with E-state index in [1.165, 1.54) is 19.4 Å². The Bertz CT molecular complexity index is 128. The molecule has 1 rings (SSSR count). The summed E-state index contributed by atoms with van der Waals surface area (Å²) in [5.41, 5.74) is 0.261. The van der Waals surface area contributed by atoms with E-state index in [2.05, 4.69) is 25.7 Å². The van der Waals surface area contributed by atoms with E-state index in [1.807, 2.05) is 0 Å². The lowest BCUT2D eigenvalue weighted by Crippen LogP contribution is -2.45. The van der Waals surface area contributed by atoms with Gasteiger partial charge < -0.3 is 4.74 Å². The fourth-order valence-corrected chi connectivity index (χ4v) is 1.75. The Morgan fingerprint density at radius 2 is 2.00 bits per heavy atom. The van der Waals surface area contributed by atoms with Crippen molar-refractivity contribution in [3.8, 4) is 0 Å². The summed E-state index contributed by atoms with van der Waals surface area (Å²) in [4.78, 5) is 2.42. The summed E-state index contributed by atoms with van der Waals surface area (Å²) in [6.45, 7) is 7.90. The first kappa shape index (κ1) is 9.01. The van der Waals surface area contributed by atoms with Gasteiger partial charge in [-0.1, -0.05) is 0 Å². The zero-order chi connectivity index (χ0) is 8.48. The molecule has 0 N–H and O–H groups in total. The van der Waals surface area contributed by atoms with Crippen LogP contribution >= 0.6 is 0 Å². The van der Waals surface area contributed by atoms with Gasteiger partial charge in [0.05, 0.1) is 0 Å². The van der Waals surface area contributed by atoms with Crippen molar-refractivity contribution in [3.63, 3.8) is 0 Å². The van der Waals surface area contributed by atoms with E-state index in [9.17, 15) is 0 Å². The maximum absolute atomic E-state index is 5.38. The molecule has 1 aliphatic rings. The zero-order valence-electron chi connectivity index (χ0n) is 8.05. The highest BCUT2D eigenvalue weighted by Crippen LogP contribution is 2.26. The lowest BCUT2D eigenvalue weighted by molar-refractivity contribution is -0.0478. The number of methoxy groups -OCH3 is 1. The molecule has 0 aromatic heterocycles. The number of hydrogen-bond donors (Lipinski definition) is 0. The number of rotatable bonds is 1. The van der Waals surface area contributed by atoms with Gasteiger partial charge in [-0.25, -0.2) is 0 Å². The molecule has 1 heterocycles. The SMILES string of the molecule is COC1CCCN1C(C)(C)C. The predicted molar refractivity (Wildman–Crippen MR) is 46.5 cm³/mol. The van der Waals surface area contributed by atoms with Gasteiger partial charge in [0.2, 0.25) is 0 Å². The van der Waals surface area contributed by atoms with Crippen LogP contribution in [0.1, 0.15) is 33.6 Å². The van der Waals surface area contributed by atoms with Crippen molar-refractivity contribution < 1.29 is 4.74 Å². The molecule has 11 heavy (non-hydrogen) atoms. The van der Waals surface area contributed by atoms with Crippen LogP contribution in [-0.2, 0) is 4.74 Å². The van der Waals surface area contributed by atoms with Crippen LogP contribution in [0.3, 0.4) is 0 Å². The number of ether oxygens (including phenoxy) is 1. The minimum absolute atomic E-state index is 0.261.